The van der Waals surface area contributed by atoms with Gasteiger partial charge in [-0.25, -0.2) is 0 Å². The molecule has 0 N–H and O–H groups in total. The monoisotopic (exact) mass is 288 g/mol. The molecule has 3 rings (SSSR count). The maximum Gasteiger partial charge on any atom is 0.0593 e. The highest BCUT2D eigenvalue weighted by atomic mass is 16.5. The van der Waals surface area contributed by atoms with Crippen molar-refractivity contribution in [2.75, 3.05) is 46.9 Å². The van der Waals surface area contributed by atoms with Crippen LogP contribution in [0.4, 0.5) is 0 Å². The predicted molar refractivity (Wildman–Crippen MR) is 86.3 cm³/mol. The van der Waals surface area contributed by atoms with E-state index in [1.807, 2.05) is 0 Å². The third kappa shape index (κ3) is 3.47. The van der Waals surface area contributed by atoms with Crippen molar-refractivity contribution in [3.63, 3.8) is 0 Å². The van der Waals surface area contributed by atoms with Crippen molar-refractivity contribution >= 4 is 0 Å². The Hall–Kier alpha value is -0.900. The first-order valence-corrected chi connectivity index (χ1v) is 8.18. The van der Waals surface area contributed by atoms with Crippen molar-refractivity contribution in [3.05, 3.63) is 35.9 Å². The summed E-state index contributed by atoms with van der Waals surface area (Å²) in [5.74, 6) is 2.59. The Morgan fingerprint density at radius 2 is 1.86 bits per heavy atom. The summed E-state index contributed by atoms with van der Waals surface area (Å²) in [6.07, 6.45) is 0. The van der Waals surface area contributed by atoms with Crippen LogP contribution in [0.2, 0.25) is 0 Å². The second-order valence-corrected chi connectivity index (χ2v) is 6.91. The molecule has 1 aliphatic heterocycles. The van der Waals surface area contributed by atoms with Crippen LogP contribution in [-0.2, 0) is 4.74 Å². The Kier molecular flexibility index (Phi) is 4.63. The summed E-state index contributed by atoms with van der Waals surface area (Å²) in [4.78, 5) is 4.82. The van der Waals surface area contributed by atoms with Crippen LogP contribution < -0.4 is 0 Å². The van der Waals surface area contributed by atoms with Crippen molar-refractivity contribution < 1.29 is 4.74 Å². The Balaban J connectivity index is 1.40. The maximum atomic E-state index is 5.82. The van der Waals surface area contributed by atoms with E-state index >= 15 is 0 Å². The first-order chi connectivity index (χ1) is 10.2. The summed E-state index contributed by atoms with van der Waals surface area (Å²) in [5, 5.41) is 0. The first-order valence-electron chi connectivity index (χ1n) is 8.18. The molecule has 0 amide bonds. The van der Waals surface area contributed by atoms with Crippen LogP contribution in [0.15, 0.2) is 30.3 Å². The van der Waals surface area contributed by atoms with E-state index in [0.717, 1.165) is 37.5 Å². The number of hydrogen-bond acceptors (Lipinski definition) is 3. The highest BCUT2D eigenvalue weighted by Gasteiger charge is 2.55. The minimum absolute atomic E-state index is 0.550. The fourth-order valence-electron chi connectivity index (χ4n) is 3.65. The average Bonchev–Trinajstić information content (AvgIpc) is 2.94. The lowest BCUT2D eigenvalue weighted by atomic mass is 10.1. The van der Waals surface area contributed by atoms with Crippen LogP contribution in [0.25, 0.3) is 0 Å². The lowest BCUT2D eigenvalue weighted by molar-refractivity contribution is 0.0938. The summed E-state index contributed by atoms with van der Waals surface area (Å²) in [5.41, 5.74) is 1.44. The zero-order chi connectivity index (χ0) is 14.8. The number of hydrogen-bond donors (Lipinski definition) is 0. The van der Waals surface area contributed by atoms with E-state index in [-0.39, 0.29) is 0 Å². The molecule has 0 aromatic heterocycles. The maximum absolute atomic E-state index is 5.82. The van der Waals surface area contributed by atoms with Crippen molar-refractivity contribution in [1.29, 1.82) is 0 Å². The molecule has 0 spiro atoms. The van der Waals surface area contributed by atoms with Crippen LogP contribution >= 0.6 is 0 Å². The summed E-state index contributed by atoms with van der Waals surface area (Å²) in [6.45, 7) is 7.70. The third-order valence-corrected chi connectivity index (χ3v) is 5.22. The summed E-state index contributed by atoms with van der Waals surface area (Å²) in [6, 6.07) is 11.4. The Bertz CT molecular complexity index is 436. The molecule has 1 heterocycles. The molecule has 1 saturated heterocycles. The summed E-state index contributed by atoms with van der Waals surface area (Å²) < 4.78 is 5.82. The molecule has 1 aromatic carbocycles. The van der Waals surface area contributed by atoms with Gasteiger partial charge in [-0.15, -0.1) is 0 Å². The standard InChI is InChI=1S/C18H28N2O/c1-14(15-7-5-4-6-8-15)20-11-16-17(12-20)18(16)13-21-10-9-19(2)3/h4-8,14,16-18H,9-13H2,1-3H3. The molecule has 21 heavy (non-hydrogen) atoms. The van der Waals surface area contributed by atoms with Crippen molar-refractivity contribution in [1.82, 2.24) is 9.80 Å². The predicted octanol–water partition coefficient (Wildman–Crippen LogP) is 2.50. The van der Waals surface area contributed by atoms with E-state index in [4.69, 9.17) is 4.74 Å². The number of benzene rings is 1. The van der Waals surface area contributed by atoms with Gasteiger partial charge in [-0.05, 0) is 44.3 Å². The van der Waals surface area contributed by atoms with Crippen LogP contribution in [0.5, 0.6) is 0 Å². The van der Waals surface area contributed by atoms with Gasteiger partial charge in [0.25, 0.3) is 0 Å². The van der Waals surface area contributed by atoms with Gasteiger partial charge in [-0.3, -0.25) is 4.90 Å². The van der Waals surface area contributed by atoms with Gasteiger partial charge >= 0.3 is 0 Å². The topological polar surface area (TPSA) is 15.7 Å². The molecule has 3 unspecified atom stereocenters. The summed E-state index contributed by atoms with van der Waals surface area (Å²) in [7, 11) is 4.19. The Morgan fingerprint density at radius 1 is 1.19 bits per heavy atom. The van der Waals surface area contributed by atoms with E-state index < -0.39 is 0 Å². The van der Waals surface area contributed by atoms with Gasteiger partial charge < -0.3 is 9.64 Å². The molecule has 3 nitrogen and oxygen atoms in total. The molecular formula is C18H28N2O. The smallest absolute Gasteiger partial charge is 0.0593 e. The van der Waals surface area contributed by atoms with Crippen LogP contribution in [-0.4, -0.2) is 56.7 Å². The van der Waals surface area contributed by atoms with Gasteiger partial charge in [-0.1, -0.05) is 30.3 Å². The molecule has 1 aliphatic carbocycles. The largest absolute Gasteiger partial charge is 0.380 e. The second-order valence-electron chi connectivity index (χ2n) is 6.91. The fourth-order valence-corrected chi connectivity index (χ4v) is 3.65. The number of ether oxygens (including phenoxy) is 1. The van der Waals surface area contributed by atoms with Crippen molar-refractivity contribution in [2.45, 2.75) is 13.0 Å². The minimum Gasteiger partial charge on any atom is -0.380 e. The van der Waals surface area contributed by atoms with Crippen LogP contribution in [0.3, 0.4) is 0 Å². The number of fused-ring (bicyclic) bond motifs is 1. The molecular weight excluding hydrogens is 260 g/mol. The average molecular weight is 288 g/mol. The van der Waals surface area contributed by atoms with E-state index in [9.17, 15) is 0 Å². The molecule has 1 aromatic rings. The lowest BCUT2D eigenvalue weighted by Gasteiger charge is -2.27. The van der Waals surface area contributed by atoms with Crippen LogP contribution in [0, 0.1) is 17.8 Å². The molecule has 3 atom stereocenters. The molecule has 2 aliphatic rings. The van der Waals surface area contributed by atoms with Gasteiger partial charge in [0.1, 0.15) is 0 Å². The molecule has 1 saturated carbocycles. The fraction of sp³-hybridized carbons (Fsp3) is 0.667. The SMILES string of the molecule is CC(c1ccccc1)N1CC2C(COCCN(C)C)C2C1. The highest BCUT2D eigenvalue weighted by Crippen LogP contribution is 2.53. The van der Waals surface area contributed by atoms with Crippen molar-refractivity contribution in [2.24, 2.45) is 17.8 Å². The Morgan fingerprint density at radius 3 is 2.48 bits per heavy atom. The quantitative estimate of drug-likeness (QED) is 0.717. The minimum atomic E-state index is 0.550. The highest BCUT2D eigenvalue weighted by molar-refractivity contribution is 5.19. The molecule has 0 bridgehead atoms. The van der Waals surface area contributed by atoms with Gasteiger partial charge in [0.15, 0.2) is 0 Å². The molecule has 116 valence electrons. The molecule has 2 fully saturated rings. The number of piperidine rings is 1. The zero-order valence-corrected chi connectivity index (χ0v) is 13.5. The van der Waals surface area contributed by atoms with Gasteiger partial charge in [0.05, 0.1) is 13.2 Å². The van der Waals surface area contributed by atoms with E-state index in [0.29, 0.717) is 6.04 Å². The summed E-state index contributed by atoms with van der Waals surface area (Å²) >= 11 is 0. The van der Waals surface area contributed by atoms with Crippen LogP contribution in [0.1, 0.15) is 18.5 Å². The first kappa shape index (κ1) is 15.0. The lowest BCUT2D eigenvalue weighted by Crippen LogP contribution is -2.28. The normalized spacial score (nSPS) is 29.6. The number of rotatable bonds is 7. The van der Waals surface area contributed by atoms with Gasteiger partial charge in [0.2, 0.25) is 0 Å². The van der Waals surface area contributed by atoms with Crippen molar-refractivity contribution in [3.8, 4) is 0 Å². The van der Waals surface area contributed by atoms with E-state index in [1.54, 1.807) is 0 Å². The third-order valence-electron chi connectivity index (χ3n) is 5.22. The van der Waals surface area contributed by atoms with E-state index in [2.05, 4.69) is 61.2 Å². The number of nitrogens with zero attached hydrogens (tertiary/aromatic N) is 2. The zero-order valence-electron chi connectivity index (χ0n) is 13.5. The second kappa shape index (κ2) is 6.47. The number of likely N-dealkylation sites (N-methyl/N-ethyl adjacent to an activating group) is 1. The van der Waals surface area contributed by atoms with E-state index in [1.165, 1.54) is 18.7 Å². The Labute approximate surface area is 128 Å². The number of likely N-dealkylation sites (tertiary alicyclic amines) is 1. The van der Waals surface area contributed by atoms with Gasteiger partial charge in [-0.2, -0.15) is 0 Å². The van der Waals surface area contributed by atoms with Gasteiger partial charge in [0, 0.05) is 25.7 Å². The molecule has 0 radical (unpaired) electrons. The molecule has 3 heteroatoms.